The third-order valence-corrected chi connectivity index (χ3v) is 6.04. The number of rotatable bonds is 10. The Kier molecular flexibility index (Phi) is 8.32. The van der Waals surface area contributed by atoms with Crippen molar-refractivity contribution in [1.82, 2.24) is 0 Å². The third kappa shape index (κ3) is 5.26. The van der Waals surface area contributed by atoms with Gasteiger partial charge in [-0.25, -0.2) is 0 Å². The fourth-order valence-electron chi connectivity index (χ4n) is 2.43. The first-order valence-electron chi connectivity index (χ1n) is 8.23. The number of allylic oxidation sites excluding steroid dienone is 2. The van der Waals surface area contributed by atoms with E-state index in [1.807, 2.05) is 13.8 Å². The van der Waals surface area contributed by atoms with Crippen molar-refractivity contribution in [2.45, 2.75) is 47.0 Å². The van der Waals surface area contributed by atoms with E-state index in [9.17, 15) is 14.7 Å². The van der Waals surface area contributed by atoms with Gasteiger partial charge in [-0.3, -0.25) is 14.7 Å². The highest BCUT2D eigenvalue weighted by Gasteiger charge is 2.31. The minimum absolute atomic E-state index is 0.00402. The monoisotopic (exact) mass is 355 g/mol. The van der Waals surface area contributed by atoms with Crippen LogP contribution in [-0.4, -0.2) is 18.1 Å². The predicted molar refractivity (Wildman–Crippen MR) is 96.1 cm³/mol. The molecule has 0 aliphatic carbocycles. The van der Waals surface area contributed by atoms with Crippen LogP contribution in [0.25, 0.3) is 5.57 Å². The minimum Gasteiger partial charge on any atom is -0.306 e. The van der Waals surface area contributed by atoms with Crippen LogP contribution < -0.4 is 0 Å². The van der Waals surface area contributed by atoms with Gasteiger partial charge in [0.25, 0.3) is 5.69 Å². The van der Waals surface area contributed by atoms with Crippen molar-refractivity contribution in [3.05, 3.63) is 45.3 Å². The van der Waals surface area contributed by atoms with Crippen LogP contribution in [0, 0.1) is 10.1 Å². The topological polar surface area (TPSA) is 78.7 Å². The second-order valence-corrected chi connectivity index (χ2v) is 7.37. The number of hydrogen-bond donors (Lipinski definition) is 0. The van der Waals surface area contributed by atoms with E-state index in [1.165, 1.54) is 12.1 Å². The molecule has 0 aliphatic rings. The van der Waals surface area contributed by atoms with Gasteiger partial charge in [-0.15, -0.1) is 0 Å². The van der Waals surface area contributed by atoms with Crippen LogP contribution in [0.4, 0.5) is 5.69 Å². The van der Waals surface area contributed by atoms with E-state index in [0.29, 0.717) is 17.3 Å². The van der Waals surface area contributed by atoms with Crippen molar-refractivity contribution in [3.8, 4) is 0 Å². The molecule has 0 saturated carbocycles. The van der Waals surface area contributed by atoms with Crippen molar-refractivity contribution >= 4 is 18.9 Å². The van der Waals surface area contributed by atoms with E-state index >= 15 is 0 Å². The van der Waals surface area contributed by atoms with Gasteiger partial charge in [0.05, 0.1) is 18.1 Å². The molecule has 0 N–H and O–H groups in total. The molecule has 0 aliphatic heterocycles. The van der Waals surface area contributed by atoms with Gasteiger partial charge in [-0.05, 0) is 44.7 Å². The van der Waals surface area contributed by atoms with E-state index in [1.54, 1.807) is 26.0 Å². The third-order valence-electron chi connectivity index (χ3n) is 3.62. The standard InChI is InChI=1S/C17H26NO5P/c1-5-8-12-17(24(21,22-6-2)23-7-3)14(4)15-10-9-11-16(13-15)18(19)20/h9-11,13H,5-8,12H2,1-4H3/b17-14+. The summed E-state index contributed by atoms with van der Waals surface area (Å²) in [4.78, 5) is 10.6. The fourth-order valence-corrected chi connectivity index (χ4v) is 4.46. The molecular formula is C17H26NO5P. The van der Waals surface area contributed by atoms with Crippen molar-refractivity contribution in [2.24, 2.45) is 0 Å². The summed E-state index contributed by atoms with van der Waals surface area (Å²) < 4.78 is 24.2. The van der Waals surface area contributed by atoms with E-state index in [0.717, 1.165) is 18.4 Å². The molecule has 1 rings (SSSR count). The van der Waals surface area contributed by atoms with Gasteiger partial charge in [-0.2, -0.15) is 0 Å². The lowest BCUT2D eigenvalue weighted by Crippen LogP contribution is -2.02. The molecule has 0 unspecified atom stereocenters. The van der Waals surface area contributed by atoms with Crippen molar-refractivity contribution in [1.29, 1.82) is 0 Å². The van der Waals surface area contributed by atoms with Gasteiger partial charge >= 0.3 is 7.60 Å². The predicted octanol–water partition coefficient (Wildman–Crippen LogP) is 5.78. The summed E-state index contributed by atoms with van der Waals surface area (Å²) in [5.41, 5.74) is 1.39. The molecule has 0 fully saturated rings. The SMILES string of the molecule is CCCC/C(=C(/C)c1cccc([N+](=O)[O-])c1)P(=O)(OCC)OCC. The Morgan fingerprint density at radius 1 is 1.21 bits per heavy atom. The molecule has 0 bridgehead atoms. The first kappa shape index (κ1) is 20.6. The van der Waals surface area contributed by atoms with Crippen LogP contribution >= 0.6 is 7.60 Å². The molecule has 7 heteroatoms. The fraction of sp³-hybridized carbons (Fsp3) is 0.529. The molecule has 0 spiro atoms. The molecule has 24 heavy (non-hydrogen) atoms. The summed E-state index contributed by atoms with van der Waals surface area (Å²) in [6, 6.07) is 6.33. The van der Waals surface area contributed by atoms with Crippen molar-refractivity contribution < 1.29 is 18.5 Å². The Bertz CT molecular complexity index is 632. The first-order chi connectivity index (χ1) is 11.4. The van der Waals surface area contributed by atoms with Gasteiger partial charge in [0.15, 0.2) is 0 Å². The second-order valence-electron chi connectivity index (χ2n) is 5.32. The van der Waals surface area contributed by atoms with Gasteiger partial charge in [0.2, 0.25) is 0 Å². The number of nitro groups is 1. The summed E-state index contributed by atoms with van der Waals surface area (Å²) in [5.74, 6) is 0. The first-order valence-corrected chi connectivity index (χ1v) is 9.78. The van der Waals surface area contributed by atoms with Gasteiger partial charge in [0, 0.05) is 17.4 Å². The zero-order valence-electron chi connectivity index (χ0n) is 14.8. The Morgan fingerprint density at radius 3 is 2.33 bits per heavy atom. The highest BCUT2D eigenvalue weighted by Crippen LogP contribution is 2.60. The summed E-state index contributed by atoms with van der Waals surface area (Å²) in [5, 5.41) is 11.6. The molecule has 0 radical (unpaired) electrons. The maximum Gasteiger partial charge on any atom is 0.357 e. The summed E-state index contributed by atoms with van der Waals surface area (Å²) in [6.07, 6.45) is 2.35. The summed E-state index contributed by atoms with van der Waals surface area (Å²) in [7, 11) is -3.41. The Balaban J connectivity index is 3.44. The number of nitrogens with zero attached hydrogens (tertiary/aromatic N) is 1. The number of nitro benzene ring substituents is 1. The molecule has 1 aromatic rings. The lowest BCUT2D eigenvalue weighted by Gasteiger charge is -2.22. The Morgan fingerprint density at radius 2 is 1.83 bits per heavy atom. The van der Waals surface area contributed by atoms with Crippen molar-refractivity contribution in [2.75, 3.05) is 13.2 Å². The van der Waals surface area contributed by atoms with Crippen LogP contribution in [0.15, 0.2) is 29.6 Å². The number of unbranched alkanes of at least 4 members (excludes halogenated alkanes) is 1. The molecule has 0 aromatic heterocycles. The molecule has 134 valence electrons. The summed E-state index contributed by atoms with van der Waals surface area (Å²) >= 11 is 0. The molecule has 0 amide bonds. The molecule has 6 nitrogen and oxygen atoms in total. The number of hydrogen-bond acceptors (Lipinski definition) is 5. The van der Waals surface area contributed by atoms with Crippen molar-refractivity contribution in [3.63, 3.8) is 0 Å². The van der Waals surface area contributed by atoms with Crippen LogP contribution in [0.2, 0.25) is 0 Å². The summed E-state index contributed by atoms with van der Waals surface area (Å²) in [6.45, 7) is 7.95. The number of benzene rings is 1. The average Bonchev–Trinajstić information content (AvgIpc) is 2.55. The van der Waals surface area contributed by atoms with Gasteiger partial charge in [-0.1, -0.05) is 25.5 Å². The van der Waals surface area contributed by atoms with Crippen LogP contribution in [0.5, 0.6) is 0 Å². The van der Waals surface area contributed by atoms with E-state index in [-0.39, 0.29) is 18.9 Å². The molecule has 0 atom stereocenters. The Hall–Kier alpha value is -1.49. The largest absolute Gasteiger partial charge is 0.357 e. The van der Waals surface area contributed by atoms with Crippen LogP contribution in [0.1, 0.15) is 52.5 Å². The number of non-ortho nitro benzene ring substituents is 1. The zero-order valence-corrected chi connectivity index (χ0v) is 15.7. The van der Waals surface area contributed by atoms with Crippen LogP contribution in [-0.2, 0) is 13.6 Å². The highest BCUT2D eigenvalue weighted by molar-refractivity contribution is 7.58. The Labute approximate surface area is 143 Å². The molecule has 0 heterocycles. The van der Waals surface area contributed by atoms with Gasteiger partial charge < -0.3 is 9.05 Å². The van der Waals surface area contributed by atoms with Crippen LogP contribution in [0.3, 0.4) is 0 Å². The quantitative estimate of drug-likeness (QED) is 0.302. The van der Waals surface area contributed by atoms with E-state index in [4.69, 9.17) is 9.05 Å². The normalized spacial score (nSPS) is 12.8. The van der Waals surface area contributed by atoms with Gasteiger partial charge in [0.1, 0.15) is 0 Å². The highest BCUT2D eigenvalue weighted by atomic mass is 31.2. The maximum absolute atomic E-state index is 13.2. The molecule has 1 aromatic carbocycles. The average molecular weight is 355 g/mol. The minimum atomic E-state index is -3.41. The smallest absolute Gasteiger partial charge is 0.306 e. The lowest BCUT2D eigenvalue weighted by molar-refractivity contribution is -0.384. The van der Waals surface area contributed by atoms with E-state index in [2.05, 4.69) is 0 Å². The van der Waals surface area contributed by atoms with E-state index < -0.39 is 12.5 Å². The molecule has 0 saturated heterocycles. The second kappa shape index (κ2) is 9.72. The molecular weight excluding hydrogens is 329 g/mol. The lowest BCUT2D eigenvalue weighted by atomic mass is 10.0. The zero-order chi connectivity index (χ0) is 18.2. The maximum atomic E-state index is 13.2.